The number of unbranched alkanes of at least 4 members (excludes halogenated alkanes) is 16. The molecule has 5 heteroatoms. The topological polar surface area (TPSA) is 37.3 Å². The molecule has 0 bridgehead atoms. The van der Waals surface area contributed by atoms with Crippen LogP contribution in [-0.2, 0) is 4.79 Å². The van der Waals surface area contributed by atoms with Crippen LogP contribution in [0.15, 0.2) is 0 Å². The first kappa shape index (κ1) is 26.3. The first-order chi connectivity index (χ1) is 12.4. The van der Waals surface area contributed by atoms with E-state index in [2.05, 4.69) is 0 Å². The quantitative estimate of drug-likeness (QED) is 0.120. The summed E-state index contributed by atoms with van der Waals surface area (Å²) in [5, 5.41) is 8.57. The molecule has 0 amide bonds. The van der Waals surface area contributed by atoms with Gasteiger partial charge in [-0.05, 0) is 19.0 Å². The fourth-order valence-electron chi connectivity index (χ4n) is 3.36. The number of hydrogen-bond donors (Lipinski definition) is 1. The van der Waals surface area contributed by atoms with E-state index in [9.17, 15) is 4.79 Å². The molecule has 156 valence electrons. The molecule has 0 aromatic carbocycles. The van der Waals surface area contributed by atoms with Crippen molar-refractivity contribution in [1.29, 1.82) is 0 Å². The molecule has 0 unspecified atom stereocenters. The van der Waals surface area contributed by atoms with Crippen LogP contribution < -0.4 is 0 Å². The van der Waals surface area contributed by atoms with Crippen LogP contribution in [0.2, 0.25) is 12.6 Å². The third kappa shape index (κ3) is 24.3. The Morgan fingerprint density at radius 1 is 0.615 bits per heavy atom. The average Bonchev–Trinajstić information content (AvgIpc) is 2.55. The highest BCUT2D eigenvalue weighted by Gasteiger charge is 2.19. The van der Waals surface area contributed by atoms with Gasteiger partial charge in [-0.1, -0.05) is 103 Å². The standard InChI is InChI=1S/C21H42Cl2O2Si/c1-26(22,23)20-18-16-14-12-10-8-6-4-2-3-5-7-9-11-13-15-17-19-21(24)25/h2-20H2,1H3,(H,24,25). The number of halogens is 2. The Labute approximate surface area is 172 Å². The number of carbonyl (C=O) groups is 1. The van der Waals surface area contributed by atoms with Gasteiger partial charge in [0.1, 0.15) is 0 Å². The first-order valence-corrected chi connectivity index (χ1v) is 15.7. The Morgan fingerprint density at radius 3 is 1.15 bits per heavy atom. The molecule has 0 aromatic heterocycles. The largest absolute Gasteiger partial charge is 0.481 e. The summed E-state index contributed by atoms with van der Waals surface area (Å²) in [7, 11) is 0. The van der Waals surface area contributed by atoms with Crippen molar-refractivity contribution in [2.45, 2.75) is 128 Å². The zero-order chi connectivity index (χ0) is 19.5. The van der Waals surface area contributed by atoms with E-state index < -0.39 is 12.7 Å². The van der Waals surface area contributed by atoms with Crippen molar-refractivity contribution in [3.8, 4) is 0 Å². The highest BCUT2D eigenvalue weighted by Crippen LogP contribution is 2.23. The molecule has 0 spiro atoms. The Bertz CT molecular complexity index is 320. The molecule has 0 heterocycles. The van der Waals surface area contributed by atoms with Crippen molar-refractivity contribution in [1.82, 2.24) is 0 Å². The summed E-state index contributed by atoms with van der Waals surface area (Å²) in [6.45, 7) is 0.168. The molecule has 0 saturated carbocycles. The van der Waals surface area contributed by atoms with Gasteiger partial charge in [-0.25, -0.2) is 0 Å². The minimum atomic E-state index is -1.85. The van der Waals surface area contributed by atoms with Crippen LogP contribution in [0.1, 0.15) is 116 Å². The zero-order valence-electron chi connectivity index (χ0n) is 17.0. The molecule has 2 nitrogen and oxygen atoms in total. The van der Waals surface area contributed by atoms with E-state index in [1.807, 2.05) is 6.55 Å². The monoisotopic (exact) mass is 424 g/mol. The van der Waals surface area contributed by atoms with E-state index in [1.165, 1.54) is 96.3 Å². The molecule has 0 aliphatic heterocycles. The van der Waals surface area contributed by atoms with Gasteiger partial charge in [0.05, 0.1) is 0 Å². The second kappa shape index (κ2) is 18.6. The van der Waals surface area contributed by atoms with Crippen LogP contribution >= 0.6 is 22.2 Å². The Kier molecular flexibility index (Phi) is 18.8. The van der Waals surface area contributed by atoms with Crippen molar-refractivity contribution in [2.75, 3.05) is 0 Å². The number of hydrogen-bond acceptors (Lipinski definition) is 1. The normalized spacial score (nSPS) is 11.8. The van der Waals surface area contributed by atoms with E-state index in [0.29, 0.717) is 6.42 Å². The van der Waals surface area contributed by atoms with Gasteiger partial charge in [0.25, 0.3) is 0 Å². The van der Waals surface area contributed by atoms with Crippen molar-refractivity contribution >= 4 is 34.8 Å². The molecule has 0 saturated heterocycles. The summed E-state index contributed by atoms with van der Waals surface area (Å²) in [6.07, 6.45) is 22.4. The smallest absolute Gasteiger partial charge is 0.303 e. The number of aliphatic carboxylic acids is 1. The fourth-order valence-corrected chi connectivity index (χ4v) is 5.04. The van der Waals surface area contributed by atoms with Gasteiger partial charge in [0, 0.05) is 6.42 Å². The maximum Gasteiger partial charge on any atom is 0.303 e. The molecule has 0 aromatic rings. The molecule has 0 aliphatic carbocycles. The summed E-state index contributed by atoms with van der Waals surface area (Å²) in [5.74, 6) is -0.659. The molecular formula is C21H42Cl2O2Si. The highest BCUT2D eigenvalue weighted by atomic mass is 35.7. The van der Waals surface area contributed by atoms with Crippen molar-refractivity contribution in [2.24, 2.45) is 0 Å². The van der Waals surface area contributed by atoms with E-state index >= 15 is 0 Å². The van der Waals surface area contributed by atoms with E-state index in [1.54, 1.807) is 0 Å². The Balaban J connectivity index is 3.04. The molecule has 0 aliphatic rings. The van der Waals surface area contributed by atoms with Crippen LogP contribution in [0.3, 0.4) is 0 Å². The third-order valence-corrected chi connectivity index (χ3v) is 7.37. The molecule has 0 fully saturated rings. The summed E-state index contributed by atoms with van der Waals surface area (Å²) >= 11 is 12.2. The lowest BCUT2D eigenvalue weighted by Gasteiger charge is -2.09. The molecular weight excluding hydrogens is 383 g/mol. The van der Waals surface area contributed by atoms with Gasteiger partial charge in [0.15, 0.2) is 0 Å². The molecule has 26 heavy (non-hydrogen) atoms. The fraction of sp³-hybridized carbons (Fsp3) is 0.952. The number of rotatable bonds is 20. The summed E-state index contributed by atoms with van der Waals surface area (Å²) in [5.41, 5.74) is 0. The number of carboxylic acid groups (broad SMARTS) is 1. The summed E-state index contributed by atoms with van der Waals surface area (Å²) < 4.78 is 0. The third-order valence-electron chi connectivity index (χ3n) is 5.01. The van der Waals surface area contributed by atoms with Gasteiger partial charge in [-0.2, -0.15) is 0 Å². The molecule has 1 N–H and O–H groups in total. The predicted molar refractivity (Wildman–Crippen MR) is 119 cm³/mol. The Morgan fingerprint density at radius 2 is 0.885 bits per heavy atom. The lowest BCUT2D eigenvalue weighted by atomic mass is 10.0. The van der Waals surface area contributed by atoms with Gasteiger partial charge in [0.2, 0.25) is 6.69 Å². The minimum absolute atomic E-state index is 0.336. The van der Waals surface area contributed by atoms with Gasteiger partial charge in [-0.3, -0.25) is 4.79 Å². The first-order valence-electron chi connectivity index (χ1n) is 11.0. The van der Waals surface area contributed by atoms with Crippen LogP contribution in [0.25, 0.3) is 0 Å². The number of carboxylic acids is 1. The predicted octanol–water partition coefficient (Wildman–Crippen LogP) is 8.64. The summed E-state index contributed by atoms with van der Waals surface area (Å²) in [6, 6.07) is 1.04. The minimum Gasteiger partial charge on any atom is -0.481 e. The lowest BCUT2D eigenvalue weighted by Crippen LogP contribution is -2.11. The molecule has 0 rings (SSSR count). The second-order valence-electron chi connectivity index (χ2n) is 7.97. The van der Waals surface area contributed by atoms with Crippen LogP contribution in [0.4, 0.5) is 0 Å². The van der Waals surface area contributed by atoms with Crippen LogP contribution in [0, 0.1) is 0 Å². The van der Waals surface area contributed by atoms with Gasteiger partial charge in [-0.15, -0.1) is 22.2 Å². The van der Waals surface area contributed by atoms with E-state index in [-0.39, 0.29) is 0 Å². The van der Waals surface area contributed by atoms with Crippen molar-refractivity contribution in [3.05, 3.63) is 0 Å². The van der Waals surface area contributed by atoms with Crippen LogP contribution in [-0.4, -0.2) is 17.8 Å². The van der Waals surface area contributed by atoms with Crippen molar-refractivity contribution < 1.29 is 9.90 Å². The highest BCUT2D eigenvalue weighted by molar-refractivity contribution is 7.44. The zero-order valence-corrected chi connectivity index (χ0v) is 19.6. The summed E-state index contributed by atoms with van der Waals surface area (Å²) in [4.78, 5) is 10.4. The maximum absolute atomic E-state index is 10.4. The maximum atomic E-state index is 10.4. The van der Waals surface area contributed by atoms with Crippen molar-refractivity contribution in [3.63, 3.8) is 0 Å². The SMILES string of the molecule is C[Si](Cl)(Cl)CCCCCCCCCCCCCCCCCCCC(=O)O. The molecule has 0 radical (unpaired) electrons. The second-order valence-corrected chi connectivity index (χ2v) is 16.2. The van der Waals surface area contributed by atoms with E-state index in [4.69, 9.17) is 27.3 Å². The van der Waals surface area contributed by atoms with Crippen LogP contribution in [0.5, 0.6) is 0 Å². The van der Waals surface area contributed by atoms with E-state index in [0.717, 1.165) is 18.9 Å². The Hall–Kier alpha value is 0.267. The van der Waals surface area contributed by atoms with Gasteiger partial charge >= 0.3 is 5.97 Å². The lowest BCUT2D eigenvalue weighted by molar-refractivity contribution is -0.137. The van der Waals surface area contributed by atoms with Gasteiger partial charge < -0.3 is 5.11 Å². The average molecular weight is 426 g/mol. The molecule has 0 atom stereocenters.